The second kappa shape index (κ2) is 3.58. The zero-order valence-electron chi connectivity index (χ0n) is 7.92. The van der Waals surface area contributed by atoms with Crippen molar-refractivity contribution in [2.45, 2.75) is 12.5 Å². The lowest BCUT2D eigenvalue weighted by molar-refractivity contribution is -0.129. The van der Waals surface area contributed by atoms with Crippen LogP contribution in [0.25, 0.3) is 0 Å². The third-order valence-corrected chi connectivity index (χ3v) is 2.79. The zero-order valence-corrected chi connectivity index (χ0v) is 9.43. The molecule has 0 N–H and O–H groups in total. The Morgan fingerprint density at radius 2 is 2.20 bits per heavy atom. The maximum absolute atomic E-state index is 11.1. The highest BCUT2D eigenvalue weighted by Gasteiger charge is 2.39. The molecule has 0 spiro atoms. The minimum absolute atomic E-state index is 0.0860. The van der Waals surface area contributed by atoms with E-state index in [4.69, 9.17) is 32.7 Å². The Morgan fingerprint density at radius 1 is 1.47 bits per heavy atom. The molecule has 0 saturated heterocycles. The molecule has 0 bridgehead atoms. The van der Waals surface area contributed by atoms with E-state index >= 15 is 0 Å². The molecule has 0 aromatic heterocycles. The first kappa shape index (κ1) is 10.6. The summed E-state index contributed by atoms with van der Waals surface area (Å²) >= 11 is 11.2. The molecule has 1 heterocycles. The van der Waals surface area contributed by atoms with Crippen molar-refractivity contribution in [3.8, 4) is 11.5 Å². The van der Waals surface area contributed by atoms with Crippen LogP contribution in [0.15, 0.2) is 18.2 Å². The fourth-order valence-corrected chi connectivity index (χ4v) is 1.52. The van der Waals surface area contributed by atoms with E-state index in [2.05, 4.69) is 0 Å². The summed E-state index contributed by atoms with van der Waals surface area (Å²) in [4.78, 5) is 11.1. The smallest absolute Gasteiger partial charge is 0.268 e. The van der Waals surface area contributed by atoms with Crippen LogP contribution in [-0.2, 0) is 4.79 Å². The largest absolute Gasteiger partial charge is 0.485 e. The second-order valence-electron chi connectivity index (χ2n) is 3.49. The number of carbonyl (C=O) groups excluding carboxylic acids is 1. The zero-order chi connectivity index (χ0) is 11.1. The van der Waals surface area contributed by atoms with Crippen LogP contribution in [0.2, 0.25) is 5.02 Å². The summed E-state index contributed by atoms with van der Waals surface area (Å²) in [6.07, 6.45) is 0. The molecule has 1 unspecified atom stereocenters. The Balaban J connectivity index is 2.35. The number of hydrogen-bond acceptors (Lipinski definition) is 3. The van der Waals surface area contributed by atoms with Gasteiger partial charge < -0.3 is 9.47 Å². The second-order valence-corrected chi connectivity index (χ2v) is 4.27. The maximum atomic E-state index is 11.1. The number of benzene rings is 1. The summed E-state index contributed by atoms with van der Waals surface area (Å²) < 4.78 is 10.8. The van der Waals surface area contributed by atoms with E-state index in [0.717, 1.165) is 0 Å². The van der Waals surface area contributed by atoms with E-state index in [-0.39, 0.29) is 6.61 Å². The van der Waals surface area contributed by atoms with Crippen molar-refractivity contribution in [1.82, 2.24) is 0 Å². The van der Waals surface area contributed by atoms with Crippen molar-refractivity contribution in [1.29, 1.82) is 0 Å². The van der Waals surface area contributed by atoms with Crippen LogP contribution in [0.5, 0.6) is 11.5 Å². The van der Waals surface area contributed by atoms with Crippen molar-refractivity contribution in [2.75, 3.05) is 6.61 Å². The molecular formula is C10H8Cl2O3. The highest BCUT2D eigenvalue weighted by atomic mass is 35.5. The summed E-state index contributed by atoms with van der Waals surface area (Å²) in [5.74, 6) is 1.00. The molecule has 0 radical (unpaired) electrons. The summed E-state index contributed by atoms with van der Waals surface area (Å²) in [6.45, 7) is 1.67. The maximum Gasteiger partial charge on any atom is 0.268 e. The molecular weight excluding hydrogens is 239 g/mol. The Kier molecular flexibility index (Phi) is 2.52. The first-order valence-electron chi connectivity index (χ1n) is 4.32. The van der Waals surface area contributed by atoms with Gasteiger partial charge in [-0.2, -0.15) is 0 Å². The van der Waals surface area contributed by atoms with Gasteiger partial charge in [0.05, 0.1) is 0 Å². The number of halogens is 2. The third-order valence-electron chi connectivity index (χ3n) is 2.16. The molecule has 1 aliphatic heterocycles. The molecule has 0 saturated carbocycles. The molecule has 0 aliphatic carbocycles. The number of ether oxygens (including phenoxy) is 2. The Hall–Kier alpha value is -0.930. The van der Waals surface area contributed by atoms with Crippen LogP contribution in [0.1, 0.15) is 6.92 Å². The molecule has 3 nitrogen and oxygen atoms in total. The van der Waals surface area contributed by atoms with Crippen LogP contribution >= 0.6 is 23.2 Å². The summed E-state index contributed by atoms with van der Waals surface area (Å²) in [7, 11) is 0. The SMILES string of the molecule is CC1(C(=O)Cl)COc2cc(Cl)ccc2O1. The number of fused-ring (bicyclic) bond motifs is 1. The lowest BCUT2D eigenvalue weighted by Crippen LogP contribution is -2.47. The molecule has 80 valence electrons. The molecule has 2 rings (SSSR count). The molecule has 1 aromatic carbocycles. The van der Waals surface area contributed by atoms with Crippen molar-refractivity contribution in [3.63, 3.8) is 0 Å². The Morgan fingerprint density at radius 3 is 2.87 bits per heavy atom. The predicted molar refractivity (Wildman–Crippen MR) is 56.8 cm³/mol. The van der Waals surface area contributed by atoms with Gasteiger partial charge in [-0.05, 0) is 30.7 Å². The average Bonchev–Trinajstić information content (AvgIpc) is 2.18. The molecule has 1 aliphatic rings. The van der Waals surface area contributed by atoms with E-state index in [1.165, 1.54) is 0 Å². The van der Waals surface area contributed by atoms with Crippen molar-refractivity contribution in [2.24, 2.45) is 0 Å². The monoisotopic (exact) mass is 246 g/mol. The van der Waals surface area contributed by atoms with Gasteiger partial charge >= 0.3 is 0 Å². The van der Waals surface area contributed by atoms with Crippen molar-refractivity contribution >= 4 is 28.4 Å². The van der Waals surface area contributed by atoms with Crippen LogP contribution in [-0.4, -0.2) is 17.5 Å². The molecule has 0 fully saturated rings. The molecule has 5 heteroatoms. The minimum atomic E-state index is -1.12. The first-order valence-corrected chi connectivity index (χ1v) is 5.08. The molecule has 1 aromatic rings. The summed E-state index contributed by atoms with van der Waals surface area (Å²) in [5, 5.41) is -0.0266. The molecule has 1 atom stereocenters. The lowest BCUT2D eigenvalue weighted by atomic mass is 10.1. The number of hydrogen-bond donors (Lipinski definition) is 0. The fraction of sp³-hybridized carbons (Fsp3) is 0.300. The Bertz CT molecular complexity index is 419. The lowest BCUT2D eigenvalue weighted by Gasteiger charge is -2.32. The van der Waals surface area contributed by atoms with Crippen LogP contribution in [0, 0.1) is 0 Å². The van der Waals surface area contributed by atoms with Gasteiger partial charge in [-0.15, -0.1) is 0 Å². The highest BCUT2D eigenvalue weighted by Crippen LogP contribution is 2.37. The standard InChI is InChI=1S/C10H8Cl2O3/c1-10(9(12)13)5-14-8-4-6(11)2-3-7(8)15-10/h2-4H,5H2,1H3. The average molecular weight is 247 g/mol. The van der Waals surface area contributed by atoms with Gasteiger partial charge in [0.2, 0.25) is 5.60 Å². The van der Waals surface area contributed by atoms with Crippen LogP contribution in [0.3, 0.4) is 0 Å². The first-order chi connectivity index (χ1) is 7.01. The van der Waals surface area contributed by atoms with Gasteiger partial charge in [-0.3, -0.25) is 4.79 Å². The number of carbonyl (C=O) groups is 1. The van der Waals surface area contributed by atoms with Gasteiger partial charge in [0.15, 0.2) is 11.5 Å². The van der Waals surface area contributed by atoms with Crippen LogP contribution in [0.4, 0.5) is 0 Å². The predicted octanol–water partition coefficient (Wildman–Crippen LogP) is 2.64. The van der Waals surface area contributed by atoms with Gasteiger partial charge in [0.25, 0.3) is 5.24 Å². The summed E-state index contributed by atoms with van der Waals surface area (Å²) in [6, 6.07) is 4.94. The van der Waals surface area contributed by atoms with Gasteiger partial charge in [-0.25, -0.2) is 0 Å². The van der Waals surface area contributed by atoms with E-state index < -0.39 is 10.8 Å². The van der Waals surface area contributed by atoms with Gasteiger partial charge in [0.1, 0.15) is 6.61 Å². The highest BCUT2D eigenvalue weighted by molar-refractivity contribution is 6.65. The van der Waals surface area contributed by atoms with E-state index in [1.54, 1.807) is 25.1 Å². The van der Waals surface area contributed by atoms with Gasteiger partial charge in [-0.1, -0.05) is 11.6 Å². The van der Waals surface area contributed by atoms with E-state index in [1.807, 2.05) is 0 Å². The molecule has 0 amide bonds. The van der Waals surface area contributed by atoms with Gasteiger partial charge in [0, 0.05) is 11.1 Å². The van der Waals surface area contributed by atoms with E-state index in [0.29, 0.717) is 16.5 Å². The summed E-state index contributed by atoms with van der Waals surface area (Å²) in [5.41, 5.74) is -1.12. The topological polar surface area (TPSA) is 35.5 Å². The number of rotatable bonds is 1. The van der Waals surface area contributed by atoms with E-state index in [9.17, 15) is 4.79 Å². The molecule has 15 heavy (non-hydrogen) atoms. The Labute approximate surface area is 96.9 Å². The minimum Gasteiger partial charge on any atom is -0.485 e. The normalized spacial score (nSPS) is 23.7. The van der Waals surface area contributed by atoms with Crippen LogP contribution < -0.4 is 9.47 Å². The third kappa shape index (κ3) is 1.90. The van der Waals surface area contributed by atoms with Crippen molar-refractivity contribution < 1.29 is 14.3 Å². The fourth-order valence-electron chi connectivity index (χ4n) is 1.26. The quantitative estimate of drug-likeness (QED) is 0.715. The van der Waals surface area contributed by atoms with Crippen molar-refractivity contribution in [3.05, 3.63) is 23.2 Å².